The van der Waals surface area contributed by atoms with Gasteiger partial charge in [-0.05, 0) is 47.3 Å². The lowest BCUT2D eigenvalue weighted by Crippen LogP contribution is -2.32. The SMILES string of the molecule is CNC(Cc1ccc(C(C)C)cc1)C1C(C)(C)C1(C)C. The van der Waals surface area contributed by atoms with Crippen molar-refractivity contribution in [2.24, 2.45) is 16.7 Å². The highest BCUT2D eigenvalue weighted by Gasteiger charge is 2.66. The van der Waals surface area contributed by atoms with E-state index in [2.05, 4.69) is 78.2 Å². The molecule has 2 rings (SSSR count). The van der Waals surface area contributed by atoms with E-state index in [1.807, 2.05) is 0 Å². The second-order valence-electron chi connectivity index (χ2n) is 7.92. The average molecular weight is 273 g/mol. The van der Waals surface area contributed by atoms with Crippen LogP contribution in [0.3, 0.4) is 0 Å². The largest absolute Gasteiger partial charge is 0.316 e. The predicted molar refractivity (Wildman–Crippen MR) is 88.1 cm³/mol. The van der Waals surface area contributed by atoms with Crippen LogP contribution in [0.25, 0.3) is 0 Å². The normalized spacial score (nSPS) is 22.0. The van der Waals surface area contributed by atoms with Gasteiger partial charge in [0.15, 0.2) is 0 Å². The van der Waals surface area contributed by atoms with Gasteiger partial charge in [0.1, 0.15) is 0 Å². The second-order valence-corrected chi connectivity index (χ2v) is 7.92. The highest BCUT2D eigenvalue weighted by atomic mass is 14.9. The van der Waals surface area contributed by atoms with Crippen LogP contribution in [-0.2, 0) is 6.42 Å². The van der Waals surface area contributed by atoms with Gasteiger partial charge in [0.05, 0.1) is 0 Å². The summed E-state index contributed by atoms with van der Waals surface area (Å²) >= 11 is 0. The van der Waals surface area contributed by atoms with Gasteiger partial charge in [-0.3, -0.25) is 0 Å². The molecule has 1 heteroatoms. The third-order valence-corrected chi connectivity index (χ3v) is 6.01. The van der Waals surface area contributed by atoms with Crippen molar-refractivity contribution in [3.05, 3.63) is 35.4 Å². The molecule has 20 heavy (non-hydrogen) atoms. The Balaban J connectivity index is 2.08. The van der Waals surface area contributed by atoms with Gasteiger partial charge in [0, 0.05) is 6.04 Å². The molecular weight excluding hydrogens is 242 g/mol. The number of rotatable bonds is 5. The molecule has 1 nitrogen and oxygen atoms in total. The van der Waals surface area contributed by atoms with Crippen molar-refractivity contribution in [2.75, 3.05) is 7.05 Å². The van der Waals surface area contributed by atoms with Crippen molar-refractivity contribution in [2.45, 2.75) is 59.9 Å². The van der Waals surface area contributed by atoms with Crippen LogP contribution in [0.2, 0.25) is 0 Å². The van der Waals surface area contributed by atoms with Crippen LogP contribution in [0.15, 0.2) is 24.3 Å². The zero-order valence-corrected chi connectivity index (χ0v) is 14.2. The van der Waals surface area contributed by atoms with Gasteiger partial charge >= 0.3 is 0 Å². The van der Waals surface area contributed by atoms with Crippen molar-refractivity contribution >= 4 is 0 Å². The minimum Gasteiger partial charge on any atom is -0.316 e. The van der Waals surface area contributed by atoms with E-state index in [9.17, 15) is 0 Å². The molecule has 1 N–H and O–H groups in total. The van der Waals surface area contributed by atoms with Gasteiger partial charge < -0.3 is 5.32 Å². The second kappa shape index (κ2) is 5.18. The molecule has 0 aliphatic heterocycles. The van der Waals surface area contributed by atoms with E-state index in [-0.39, 0.29) is 0 Å². The fourth-order valence-electron chi connectivity index (χ4n) is 3.93. The maximum absolute atomic E-state index is 3.56. The molecule has 1 saturated carbocycles. The maximum atomic E-state index is 3.56. The van der Waals surface area contributed by atoms with Crippen LogP contribution >= 0.6 is 0 Å². The zero-order valence-electron chi connectivity index (χ0n) is 14.2. The first-order valence-electron chi connectivity index (χ1n) is 7.98. The van der Waals surface area contributed by atoms with E-state index < -0.39 is 0 Å². The Hall–Kier alpha value is -0.820. The Labute approximate surface area is 125 Å². The molecule has 1 aliphatic carbocycles. The van der Waals surface area contributed by atoms with Crippen LogP contribution in [-0.4, -0.2) is 13.1 Å². The van der Waals surface area contributed by atoms with E-state index >= 15 is 0 Å². The van der Waals surface area contributed by atoms with Crippen molar-refractivity contribution in [1.82, 2.24) is 5.32 Å². The van der Waals surface area contributed by atoms with Crippen molar-refractivity contribution in [3.63, 3.8) is 0 Å². The molecule has 1 aromatic carbocycles. The van der Waals surface area contributed by atoms with E-state index in [0.717, 1.165) is 12.3 Å². The minimum absolute atomic E-state index is 0.443. The maximum Gasteiger partial charge on any atom is 0.0143 e. The summed E-state index contributed by atoms with van der Waals surface area (Å²) in [7, 11) is 2.11. The topological polar surface area (TPSA) is 12.0 Å². The Bertz CT molecular complexity index is 439. The van der Waals surface area contributed by atoms with Gasteiger partial charge in [-0.25, -0.2) is 0 Å². The number of benzene rings is 1. The molecule has 1 fully saturated rings. The van der Waals surface area contributed by atoms with E-state index in [4.69, 9.17) is 0 Å². The van der Waals surface area contributed by atoms with Crippen molar-refractivity contribution in [3.8, 4) is 0 Å². The lowest BCUT2D eigenvalue weighted by Gasteiger charge is -2.19. The van der Waals surface area contributed by atoms with Gasteiger partial charge in [0.25, 0.3) is 0 Å². The Morgan fingerprint density at radius 2 is 1.50 bits per heavy atom. The summed E-state index contributed by atoms with van der Waals surface area (Å²) in [6, 6.07) is 9.76. The van der Waals surface area contributed by atoms with Gasteiger partial charge in [-0.1, -0.05) is 65.8 Å². The summed E-state index contributed by atoms with van der Waals surface area (Å²) in [6.45, 7) is 14.1. The van der Waals surface area contributed by atoms with Crippen molar-refractivity contribution in [1.29, 1.82) is 0 Å². The number of nitrogens with one attached hydrogen (secondary N) is 1. The first kappa shape index (κ1) is 15.6. The summed E-state index contributed by atoms with van der Waals surface area (Å²) in [6.07, 6.45) is 1.13. The molecule has 0 bridgehead atoms. The summed E-state index contributed by atoms with van der Waals surface area (Å²) in [5.74, 6) is 1.37. The lowest BCUT2D eigenvalue weighted by molar-refractivity contribution is 0.421. The Morgan fingerprint density at radius 1 is 1.00 bits per heavy atom. The highest BCUT2D eigenvalue weighted by Crippen LogP contribution is 2.69. The number of hydrogen-bond acceptors (Lipinski definition) is 1. The third-order valence-electron chi connectivity index (χ3n) is 6.01. The smallest absolute Gasteiger partial charge is 0.0143 e. The lowest BCUT2D eigenvalue weighted by atomic mass is 9.95. The van der Waals surface area contributed by atoms with Crippen LogP contribution < -0.4 is 5.32 Å². The molecule has 0 radical (unpaired) electrons. The zero-order chi connectivity index (χ0) is 15.1. The summed E-state index contributed by atoms with van der Waals surface area (Å²) in [5.41, 5.74) is 3.77. The average Bonchev–Trinajstić information content (AvgIpc) is 2.78. The Morgan fingerprint density at radius 3 is 1.85 bits per heavy atom. The van der Waals surface area contributed by atoms with Crippen molar-refractivity contribution < 1.29 is 0 Å². The minimum atomic E-state index is 0.443. The fraction of sp³-hybridized carbons (Fsp3) is 0.684. The first-order valence-corrected chi connectivity index (χ1v) is 7.98. The molecule has 1 aliphatic rings. The van der Waals surface area contributed by atoms with Crippen LogP contribution in [0.5, 0.6) is 0 Å². The van der Waals surface area contributed by atoms with Gasteiger partial charge in [-0.2, -0.15) is 0 Å². The van der Waals surface area contributed by atoms with Gasteiger partial charge in [0.2, 0.25) is 0 Å². The number of hydrogen-bond donors (Lipinski definition) is 1. The molecule has 0 heterocycles. The molecule has 0 saturated heterocycles. The molecule has 1 aromatic rings. The molecule has 0 amide bonds. The monoisotopic (exact) mass is 273 g/mol. The standard InChI is InChI=1S/C19H31N/c1-13(2)15-10-8-14(9-11-15)12-16(20-7)17-18(3,4)19(17,5)6/h8-11,13,16-17,20H,12H2,1-7H3. The van der Waals surface area contributed by atoms with Crippen LogP contribution in [0.1, 0.15) is 58.6 Å². The molecular formula is C19H31N. The quantitative estimate of drug-likeness (QED) is 0.825. The number of likely N-dealkylation sites (N-methyl/N-ethyl adjacent to an activating group) is 1. The fourth-order valence-corrected chi connectivity index (χ4v) is 3.93. The summed E-state index contributed by atoms with van der Waals surface area (Å²) in [5, 5.41) is 3.56. The summed E-state index contributed by atoms with van der Waals surface area (Å²) < 4.78 is 0. The van der Waals surface area contributed by atoms with Crippen LogP contribution in [0.4, 0.5) is 0 Å². The third kappa shape index (κ3) is 2.53. The van der Waals surface area contributed by atoms with E-state index in [1.54, 1.807) is 0 Å². The first-order chi connectivity index (χ1) is 9.21. The molecule has 0 spiro atoms. The van der Waals surface area contributed by atoms with E-state index in [0.29, 0.717) is 22.8 Å². The van der Waals surface area contributed by atoms with E-state index in [1.165, 1.54) is 11.1 Å². The van der Waals surface area contributed by atoms with Crippen LogP contribution in [0, 0.1) is 16.7 Å². The molecule has 0 aromatic heterocycles. The van der Waals surface area contributed by atoms with Gasteiger partial charge in [-0.15, -0.1) is 0 Å². The molecule has 1 atom stereocenters. The molecule has 1 unspecified atom stereocenters. The predicted octanol–water partition coefficient (Wildman–Crippen LogP) is 4.62. The Kier molecular flexibility index (Phi) is 4.03. The summed E-state index contributed by atoms with van der Waals surface area (Å²) in [4.78, 5) is 0. The highest BCUT2D eigenvalue weighted by molar-refractivity contribution is 5.27. The molecule has 112 valence electrons.